The summed E-state index contributed by atoms with van der Waals surface area (Å²) >= 11 is 0. The van der Waals surface area contributed by atoms with Crippen LogP contribution < -0.4 is 0 Å². The first kappa shape index (κ1) is 17.9. The van der Waals surface area contributed by atoms with E-state index in [2.05, 4.69) is 6.92 Å². The van der Waals surface area contributed by atoms with Crippen LogP contribution in [0.2, 0.25) is 0 Å². The van der Waals surface area contributed by atoms with Gasteiger partial charge in [-0.05, 0) is 81.5 Å². The molecule has 0 saturated heterocycles. The third kappa shape index (κ3) is 2.14. The predicted octanol–water partition coefficient (Wildman–Crippen LogP) is 2.68. The topological polar surface area (TPSA) is 77.8 Å². The number of fused-ring (bicyclic) bond motifs is 5. The number of aliphatic hydroxyl groups excluding tert-OH is 2. The summed E-state index contributed by atoms with van der Waals surface area (Å²) in [6, 6.07) is 0. The van der Waals surface area contributed by atoms with E-state index in [0.717, 1.165) is 32.1 Å². The Hall–Kier alpha value is -0.450. The van der Waals surface area contributed by atoms with Crippen molar-refractivity contribution in [1.29, 1.82) is 0 Å². The third-order valence-corrected chi connectivity index (χ3v) is 9.41. The van der Waals surface area contributed by atoms with Gasteiger partial charge in [0.05, 0.1) is 17.8 Å². The van der Waals surface area contributed by atoms with E-state index in [9.17, 15) is 20.1 Å². The maximum atomic E-state index is 12.2. The lowest BCUT2D eigenvalue weighted by molar-refractivity contribution is -0.245. The molecule has 0 aromatic carbocycles. The Morgan fingerprint density at radius 2 is 1.68 bits per heavy atom. The minimum atomic E-state index is -0.935. The van der Waals surface area contributed by atoms with Gasteiger partial charge in [0, 0.05) is 11.3 Å². The van der Waals surface area contributed by atoms with Crippen molar-refractivity contribution < 1.29 is 20.1 Å². The van der Waals surface area contributed by atoms with Gasteiger partial charge in [0.2, 0.25) is 0 Å². The highest BCUT2D eigenvalue weighted by Crippen LogP contribution is 2.69. The molecule has 0 radical (unpaired) electrons. The molecule has 0 aliphatic heterocycles. The molecule has 4 saturated carbocycles. The summed E-state index contributed by atoms with van der Waals surface area (Å²) in [6.45, 7) is 5.91. The average molecular weight is 350 g/mol. The fourth-order valence-electron chi connectivity index (χ4n) is 7.83. The van der Waals surface area contributed by atoms with Crippen LogP contribution in [0.3, 0.4) is 0 Å². The lowest BCUT2D eigenvalue weighted by Crippen LogP contribution is -2.67. The fraction of sp³-hybridized carbons (Fsp3) is 0.952. The first-order chi connectivity index (χ1) is 11.6. The summed E-state index contributed by atoms with van der Waals surface area (Å²) in [5.41, 5.74) is -1.55. The Balaban J connectivity index is 1.73. The normalized spacial score (nSPS) is 58.2. The first-order valence-corrected chi connectivity index (χ1v) is 10.2. The van der Waals surface area contributed by atoms with E-state index >= 15 is 0 Å². The number of carbonyl (C=O) groups is 1. The Labute approximate surface area is 151 Å². The van der Waals surface area contributed by atoms with Crippen LogP contribution in [-0.2, 0) is 4.79 Å². The maximum absolute atomic E-state index is 12.2. The van der Waals surface area contributed by atoms with Crippen LogP contribution in [-0.4, -0.2) is 38.9 Å². The summed E-state index contributed by atoms with van der Waals surface area (Å²) < 4.78 is 0. The molecule has 4 heteroatoms. The third-order valence-electron chi connectivity index (χ3n) is 9.41. The van der Waals surface area contributed by atoms with Crippen LogP contribution in [0.15, 0.2) is 0 Å². The van der Waals surface area contributed by atoms with Crippen LogP contribution >= 0.6 is 0 Å². The first-order valence-electron chi connectivity index (χ1n) is 10.2. The van der Waals surface area contributed by atoms with Gasteiger partial charge in [0.1, 0.15) is 5.78 Å². The second-order valence-corrected chi connectivity index (χ2v) is 10.1. The highest BCUT2D eigenvalue weighted by atomic mass is 16.3. The van der Waals surface area contributed by atoms with Crippen molar-refractivity contribution in [3.8, 4) is 0 Å². The maximum Gasteiger partial charge on any atom is 0.133 e. The molecule has 0 aromatic heterocycles. The van der Waals surface area contributed by atoms with Gasteiger partial charge in [-0.1, -0.05) is 13.8 Å². The minimum absolute atomic E-state index is 0.0918. The van der Waals surface area contributed by atoms with Gasteiger partial charge in [-0.15, -0.1) is 0 Å². The number of carbonyl (C=O) groups excluding carboxylic acids is 1. The largest absolute Gasteiger partial charge is 0.393 e. The van der Waals surface area contributed by atoms with E-state index < -0.39 is 17.1 Å². The molecular formula is C21H34O4. The summed E-state index contributed by atoms with van der Waals surface area (Å²) in [4.78, 5) is 12.2. The monoisotopic (exact) mass is 350 g/mol. The average Bonchev–Trinajstić information content (AvgIpc) is 2.83. The van der Waals surface area contributed by atoms with Crippen molar-refractivity contribution in [3.63, 3.8) is 0 Å². The molecule has 4 nitrogen and oxygen atoms in total. The van der Waals surface area contributed by atoms with Crippen molar-refractivity contribution in [2.24, 2.45) is 34.5 Å². The lowest BCUT2D eigenvalue weighted by atomic mass is 9.42. The van der Waals surface area contributed by atoms with Gasteiger partial charge < -0.3 is 15.3 Å². The van der Waals surface area contributed by atoms with Crippen molar-refractivity contribution >= 4 is 5.78 Å². The van der Waals surface area contributed by atoms with Gasteiger partial charge in [-0.25, -0.2) is 0 Å². The highest BCUT2D eigenvalue weighted by Gasteiger charge is 2.70. The quantitative estimate of drug-likeness (QED) is 0.679. The van der Waals surface area contributed by atoms with Crippen LogP contribution in [0.1, 0.15) is 72.1 Å². The number of hydrogen-bond acceptors (Lipinski definition) is 4. The molecule has 4 fully saturated rings. The van der Waals surface area contributed by atoms with Crippen molar-refractivity contribution in [3.05, 3.63) is 0 Å². The van der Waals surface area contributed by atoms with Gasteiger partial charge in [-0.2, -0.15) is 0 Å². The van der Waals surface area contributed by atoms with Crippen molar-refractivity contribution in [2.75, 3.05) is 0 Å². The second-order valence-electron chi connectivity index (χ2n) is 10.1. The second kappa shape index (κ2) is 5.53. The van der Waals surface area contributed by atoms with Crippen LogP contribution in [0.4, 0.5) is 0 Å². The minimum Gasteiger partial charge on any atom is -0.393 e. The molecule has 0 aromatic rings. The molecule has 4 aliphatic carbocycles. The Morgan fingerprint density at radius 3 is 2.36 bits per heavy atom. The molecule has 0 amide bonds. The van der Waals surface area contributed by atoms with E-state index in [4.69, 9.17) is 0 Å². The molecule has 4 aliphatic rings. The summed E-state index contributed by atoms with van der Waals surface area (Å²) in [5.74, 6) is 0.825. The molecule has 0 spiro atoms. The van der Waals surface area contributed by atoms with E-state index in [1.54, 1.807) is 6.92 Å². The molecule has 142 valence electrons. The molecular weight excluding hydrogens is 316 g/mol. The molecule has 25 heavy (non-hydrogen) atoms. The summed E-state index contributed by atoms with van der Waals surface area (Å²) in [7, 11) is 0. The molecule has 9 atom stereocenters. The zero-order chi connectivity index (χ0) is 18.2. The molecule has 4 rings (SSSR count). The van der Waals surface area contributed by atoms with Crippen LogP contribution in [0.5, 0.6) is 0 Å². The number of Topliss-reactive ketones (excluding diaryl/α,β-unsaturated/α-hetero) is 1. The Morgan fingerprint density at radius 1 is 0.960 bits per heavy atom. The van der Waals surface area contributed by atoms with Crippen molar-refractivity contribution in [1.82, 2.24) is 0 Å². The number of hydrogen-bond donors (Lipinski definition) is 3. The van der Waals surface area contributed by atoms with Gasteiger partial charge in [0.25, 0.3) is 0 Å². The zero-order valence-electron chi connectivity index (χ0n) is 15.9. The highest BCUT2D eigenvalue weighted by molar-refractivity contribution is 5.80. The van der Waals surface area contributed by atoms with E-state index in [1.807, 2.05) is 6.92 Å². The number of aliphatic hydroxyl groups is 3. The molecule has 0 unspecified atom stereocenters. The summed E-state index contributed by atoms with van der Waals surface area (Å²) in [5, 5.41) is 33.1. The van der Waals surface area contributed by atoms with Crippen molar-refractivity contribution in [2.45, 2.75) is 89.9 Å². The van der Waals surface area contributed by atoms with E-state index in [1.165, 1.54) is 0 Å². The zero-order valence-corrected chi connectivity index (χ0v) is 15.9. The number of ketones is 1. The Bertz CT molecular complexity index is 576. The van der Waals surface area contributed by atoms with Crippen LogP contribution in [0.25, 0.3) is 0 Å². The summed E-state index contributed by atoms with van der Waals surface area (Å²) in [6.07, 6.45) is 5.89. The Kier molecular flexibility index (Phi) is 3.97. The van der Waals surface area contributed by atoms with Gasteiger partial charge in [0.15, 0.2) is 0 Å². The smallest absolute Gasteiger partial charge is 0.133 e. The molecule has 0 bridgehead atoms. The van der Waals surface area contributed by atoms with E-state index in [0.29, 0.717) is 25.2 Å². The lowest BCUT2D eigenvalue weighted by Gasteiger charge is -2.64. The molecule has 3 N–H and O–H groups in total. The standard InChI is InChI=1S/C21H34O4/c1-12(22)15-7-9-21(25)16-5-4-13-10-14(23)6-8-19(13,2)17(16)11-18(24)20(15,21)3/h13-18,23-25H,4-11H2,1-3H3/t13-,14+,15-,16-,17+,18-,19+,20+,21+/m1/s1. The van der Waals surface area contributed by atoms with Gasteiger partial charge >= 0.3 is 0 Å². The fourth-order valence-corrected chi connectivity index (χ4v) is 7.83. The van der Waals surface area contributed by atoms with E-state index in [-0.39, 0.29) is 35.1 Å². The number of rotatable bonds is 1. The SMILES string of the molecule is CC(=O)[C@H]1CC[C@]2(O)[C@@H]3CC[C@@H]4C[C@@H](O)CC[C@]4(C)[C@H]3C[C@@H](O)[C@]12C. The van der Waals surface area contributed by atoms with Gasteiger partial charge in [-0.3, -0.25) is 4.79 Å². The van der Waals surface area contributed by atoms with Crippen LogP contribution in [0, 0.1) is 34.5 Å². The predicted molar refractivity (Wildman–Crippen MR) is 94.8 cm³/mol. The molecule has 0 heterocycles.